The standard InChI is InChI=1S/C19H14F3NO5S/c1-27-13-6-10(7-14(28-2)16(13)24)8-15-17(25)23(18(26)29-15)12-5-3-4-11(9-12)19(20,21)22/h3-9,24H,1-2H3/b15-8-. The third kappa shape index (κ3) is 4.02. The minimum absolute atomic E-state index is 0.00204. The Morgan fingerprint density at radius 1 is 1.07 bits per heavy atom. The molecule has 1 fully saturated rings. The first-order valence-electron chi connectivity index (χ1n) is 8.06. The molecule has 0 saturated carbocycles. The van der Waals surface area contributed by atoms with Crippen molar-refractivity contribution in [2.24, 2.45) is 0 Å². The van der Waals surface area contributed by atoms with Gasteiger partial charge in [-0.2, -0.15) is 13.2 Å². The van der Waals surface area contributed by atoms with E-state index in [2.05, 4.69) is 0 Å². The lowest BCUT2D eigenvalue weighted by atomic mass is 10.1. The van der Waals surface area contributed by atoms with Crippen LogP contribution in [0.4, 0.5) is 23.7 Å². The van der Waals surface area contributed by atoms with Gasteiger partial charge in [-0.3, -0.25) is 9.59 Å². The number of hydrogen-bond donors (Lipinski definition) is 1. The van der Waals surface area contributed by atoms with Gasteiger partial charge in [0.05, 0.1) is 30.4 Å². The second kappa shape index (κ2) is 7.70. The van der Waals surface area contributed by atoms with Crippen molar-refractivity contribution in [2.75, 3.05) is 19.1 Å². The van der Waals surface area contributed by atoms with Crippen LogP contribution in [-0.4, -0.2) is 30.5 Å². The van der Waals surface area contributed by atoms with Crippen molar-refractivity contribution in [2.45, 2.75) is 6.18 Å². The first kappa shape index (κ1) is 20.6. The maximum Gasteiger partial charge on any atom is 0.416 e. The second-order valence-corrected chi connectivity index (χ2v) is 6.83. The molecule has 0 aromatic heterocycles. The number of ether oxygens (including phenoxy) is 2. The molecule has 152 valence electrons. The molecular weight excluding hydrogens is 411 g/mol. The van der Waals surface area contributed by atoms with E-state index in [0.29, 0.717) is 22.2 Å². The van der Waals surface area contributed by atoms with E-state index < -0.39 is 22.9 Å². The lowest BCUT2D eigenvalue weighted by Crippen LogP contribution is -2.28. The lowest BCUT2D eigenvalue weighted by Gasteiger charge is -2.15. The highest BCUT2D eigenvalue weighted by Crippen LogP contribution is 2.41. The van der Waals surface area contributed by atoms with Gasteiger partial charge in [0.1, 0.15) is 0 Å². The van der Waals surface area contributed by atoms with Crippen LogP contribution in [0.3, 0.4) is 0 Å². The van der Waals surface area contributed by atoms with E-state index in [1.807, 2.05) is 0 Å². The number of hydrogen-bond acceptors (Lipinski definition) is 6. The van der Waals surface area contributed by atoms with E-state index in [-0.39, 0.29) is 27.8 Å². The predicted molar refractivity (Wildman–Crippen MR) is 101 cm³/mol. The van der Waals surface area contributed by atoms with Gasteiger partial charge >= 0.3 is 6.18 Å². The summed E-state index contributed by atoms with van der Waals surface area (Å²) in [6.07, 6.45) is -3.24. The van der Waals surface area contributed by atoms with Gasteiger partial charge in [0.2, 0.25) is 5.75 Å². The number of amides is 2. The van der Waals surface area contributed by atoms with Crippen LogP contribution < -0.4 is 14.4 Å². The smallest absolute Gasteiger partial charge is 0.416 e. The van der Waals surface area contributed by atoms with Crippen LogP contribution in [-0.2, 0) is 11.0 Å². The van der Waals surface area contributed by atoms with Gasteiger partial charge in [0.15, 0.2) is 11.5 Å². The summed E-state index contributed by atoms with van der Waals surface area (Å²) in [6.45, 7) is 0. The largest absolute Gasteiger partial charge is 0.502 e. The van der Waals surface area contributed by atoms with Crippen molar-refractivity contribution in [1.82, 2.24) is 0 Å². The Hall–Kier alpha value is -3.14. The van der Waals surface area contributed by atoms with Gasteiger partial charge in [-0.05, 0) is 53.7 Å². The molecular formula is C19H14F3NO5S. The van der Waals surface area contributed by atoms with Gasteiger partial charge < -0.3 is 14.6 Å². The van der Waals surface area contributed by atoms with Crippen LogP contribution >= 0.6 is 11.8 Å². The number of nitrogens with zero attached hydrogens (tertiary/aromatic N) is 1. The number of thioether (sulfide) groups is 1. The number of alkyl halides is 3. The van der Waals surface area contributed by atoms with Crippen molar-refractivity contribution in [3.63, 3.8) is 0 Å². The number of anilines is 1. The number of aromatic hydroxyl groups is 1. The number of carbonyl (C=O) groups is 2. The number of rotatable bonds is 4. The summed E-state index contributed by atoms with van der Waals surface area (Å²) in [4.78, 5) is 25.7. The Balaban J connectivity index is 1.98. The molecule has 2 aromatic carbocycles. The number of carbonyl (C=O) groups excluding carboxylic acids is 2. The molecule has 0 unspecified atom stereocenters. The zero-order valence-corrected chi connectivity index (χ0v) is 15.9. The first-order chi connectivity index (χ1) is 13.7. The number of methoxy groups -OCH3 is 2. The molecule has 0 spiro atoms. The molecule has 3 rings (SSSR count). The van der Waals surface area contributed by atoms with Crippen molar-refractivity contribution in [1.29, 1.82) is 0 Å². The van der Waals surface area contributed by atoms with Gasteiger partial charge in [-0.15, -0.1) is 0 Å². The quantitative estimate of drug-likeness (QED) is 0.718. The fourth-order valence-corrected chi connectivity index (χ4v) is 3.50. The number of phenolic OH excluding ortho intramolecular Hbond substituents is 1. The molecule has 0 atom stereocenters. The molecule has 1 heterocycles. The molecule has 10 heteroatoms. The summed E-state index contributed by atoms with van der Waals surface area (Å²) in [6, 6.07) is 6.83. The van der Waals surface area contributed by atoms with Crippen LogP contribution in [0.2, 0.25) is 0 Å². The molecule has 2 aromatic rings. The Bertz CT molecular complexity index is 994. The summed E-state index contributed by atoms with van der Waals surface area (Å²) < 4.78 is 48.9. The monoisotopic (exact) mass is 425 g/mol. The van der Waals surface area contributed by atoms with Crippen molar-refractivity contribution in [3.8, 4) is 17.2 Å². The van der Waals surface area contributed by atoms with Gasteiger partial charge in [-0.1, -0.05) is 6.07 Å². The SMILES string of the molecule is COc1cc(/C=C2\SC(=O)N(c3cccc(C(F)(F)F)c3)C2=O)cc(OC)c1O. The average Bonchev–Trinajstić information content (AvgIpc) is 2.95. The fourth-order valence-electron chi connectivity index (χ4n) is 2.66. The Morgan fingerprint density at radius 2 is 1.69 bits per heavy atom. The Morgan fingerprint density at radius 3 is 2.24 bits per heavy atom. The summed E-state index contributed by atoms with van der Waals surface area (Å²) in [5, 5.41) is 9.23. The number of halogens is 3. The Labute approximate surface area is 167 Å². The normalized spacial score (nSPS) is 15.9. The number of imide groups is 1. The predicted octanol–water partition coefficient (Wildman–Crippen LogP) is 4.67. The first-order valence-corrected chi connectivity index (χ1v) is 8.87. The molecule has 29 heavy (non-hydrogen) atoms. The molecule has 0 bridgehead atoms. The summed E-state index contributed by atoms with van der Waals surface area (Å²) in [7, 11) is 2.67. The van der Waals surface area contributed by atoms with Crippen molar-refractivity contribution in [3.05, 3.63) is 52.4 Å². The number of benzene rings is 2. The van der Waals surface area contributed by atoms with Gasteiger partial charge in [0, 0.05) is 0 Å². The van der Waals surface area contributed by atoms with Crippen LogP contribution in [0.5, 0.6) is 17.2 Å². The lowest BCUT2D eigenvalue weighted by molar-refractivity contribution is -0.137. The molecule has 1 saturated heterocycles. The summed E-state index contributed by atoms with van der Waals surface area (Å²) in [5.41, 5.74) is -0.747. The molecule has 1 N–H and O–H groups in total. The molecule has 2 amide bonds. The maximum atomic E-state index is 12.9. The molecule has 0 aliphatic carbocycles. The third-order valence-corrected chi connectivity index (χ3v) is 4.89. The van der Waals surface area contributed by atoms with Gasteiger partial charge in [-0.25, -0.2) is 4.90 Å². The van der Waals surface area contributed by atoms with Crippen LogP contribution in [0, 0.1) is 0 Å². The van der Waals surface area contributed by atoms with E-state index in [1.165, 1.54) is 38.5 Å². The van der Waals surface area contributed by atoms with Gasteiger partial charge in [0.25, 0.3) is 11.1 Å². The van der Waals surface area contributed by atoms with Crippen LogP contribution in [0.15, 0.2) is 41.3 Å². The molecule has 0 radical (unpaired) electrons. The van der Waals surface area contributed by atoms with E-state index in [4.69, 9.17) is 9.47 Å². The zero-order chi connectivity index (χ0) is 21.3. The number of phenols is 1. The van der Waals surface area contributed by atoms with E-state index in [1.54, 1.807) is 0 Å². The van der Waals surface area contributed by atoms with E-state index >= 15 is 0 Å². The van der Waals surface area contributed by atoms with Crippen LogP contribution in [0.1, 0.15) is 11.1 Å². The van der Waals surface area contributed by atoms with Crippen molar-refractivity contribution < 1.29 is 37.3 Å². The van der Waals surface area contributed by atoms with Crippen LogP contribution in [0.25, 0.3) is 6.08 Å². The zero-order valence-electron chi connectivity index (χ0n) is 15.1. The van der Waals surface area contributed by atoms with E-state index in [0.717, 1.165) is 18.2 Å². The third-order valence-electron chi connectivity index (χ3n) is 4.03. The second-order valence-electron chi connectivity index (χ2n) is 5.84. The highest BCUT2D eigenvalue weighted by Gasteiger charge is 2.38. The summed E-state index contributed by atoms with van der Waals surface area (Å²) >= 11 is 0.589. The topological polar surface area (TPSA) is 76.1 Å². The van der Waals surface area contributed by atoms with E-state index in [9.17, 15) is 27.9 Å². The highest BCUT2D eigenvalue weighted by atomic mass is 32.2. The minimum Gasteiger partial charge on any atom is -0.502 e. The highest BCUT2D eigenvalue weighted by molar-refractivity contribution is 8.19. The summed E-state index contributed by atoms with van der Waals surface area (Å²) in [5.74, 6) is -0.810. The molecule has 6 nitrogen and oxygen atoms in total. The Kier molecular flexibility index (Phi) is 5.47. The maximum absolute atomic E-state index is 12.9. The fraction of sp³-hybridized carbons (Fsp3) is 0.158. The molecule has 1 aliphatic rings. The minimum atomic E-state index is -4.60. The van der Waals surface area contributed by atoms with Crippen molar-refractivity contribution >= 4 is 34.7 Å². The average molecular weight is 425 g/mol. The molecule has 1 aliphatic heterocycles.